The van der Waals surface area contributed by atoms with Gasteiger partial charge in [0.2, 0.25) is 0 Å². The van der Waals surface area contributed by atoms with Gasteiger partial charge in [0.05, 0.1) is 13.3 Å². The summed E-state index contributed by atoms with van der Waals surface area (Å²) in [5, 5.41) is 0. The number of aromatic nitrogens is 1. The first kappa shape index (κ1) is 12.1. The number of methoxy groups -OCH3 is 1. The number of hydrogen-bond donors (Lipinski definition) is 0. The minimum absolute atomic E-state index is 0.797. The standard InChI is InChI=1S/C14H14BrNO/c1-9-5-4-6-10(2)14(9)11-7-13(15)16-8-12(11)17-3/h4-8H,1-3H3. The molecule has 1 aromatic heterocycles. The summed E-state index contributed by atoms with van der Waals surface area (Å²) >= 11 is 3.41. The van der Waals surface area contributed by atoms with Gasteiger partial charge in [-0.15, -0.1) is 0 Å². The van der Waals surface area contributed by atoms with Crippen LogP contribution < -0.4 is 4.74 Å². The van der Waals surface area contributed by atoms with Crippen LogP contribution in [0.15, 0.2) is 35.1 Å². The fourth-order valence-corrected chi connectivity index (χ4v) is 2.35. The average Bonchev–Trinajstić information content (AvgIpc) is 2.29. The van der Waals surface area contributed by atoms with Gasteiger partial charge in [-0.05, 0) is 52.5 Å². The number of halogens is 1. The maximum Gasteiger partial charge on any atom is 0.145 e. The van der Waals surface area contributed by atoms with Gasteiger partial charge in [-0.25, -0.2) is 4.98 Å². The van der Waals surface area contributed by atoms with E-state index in [9.17, 15) is 0 Å². The lowest BCUT2D eigenvalue weighted by atomic mass is 9.96. The molecule has 0 saturated carbocycles. The number of ether oxygens (including phenoxy) is 1. The van der Waals surface area contributed by atoms with E-state index < -0.39 is 0 Å². The first-order valence-electron chi connectivity index (χ1n) is 5.39. The van der Waals surface area contributed by atoms with Crippen LogP contribution in [-0.2, 0) is 0 Å². The second kappa shape index (κ2) is 4.88. The fourth-order valence-electron chi connectivity index (χ4n) is 2.01. The summed E-state index contributed by atoms with van der Waals surface area (Å²) in [6, 6.07) is 8.28. The van der Waals surface area contributed by atoms with E-state index in [0.29, 0.717) is 0 Å². The third kappa shape index (κ3) is 2.34. The number of hydrogen-bond acceptors (Lipinski definition) is 2. The number of nitrogens with zero attached hydrogens (tertiary/aromatic N) is 1. The zero-order valence-electron chi connectivity index (χ0n) is 10.1. The lowest BCUT2D eigenvalue weighted by Gasteiger charge is -2.13. The molecule has 2 aromatic rings. The summed E-state index contributed by atoms with van der Waals surface area (Å²) in [5.74, 6) is 0.797. The van der Waals surface area contributed by atoms with Crippen LogP contribution >= 0.6 is 15.9 Å². The van der Waals surface area contributed by atoms with Crippen molar-refractivity contribution in [2.45, 2.75) is 13.8 Å². The molecule has 0 aliphatic rings. The highest BCUT2D eigenvalue weighted by Gasteiger charge is 2.11. The molecule has 3 heteroatoms. The van der Waals surface area contributed by atoms with E-state index >= 15 is 0 Å². The average molecular weight is 292 g/mol. The molecule has 0 N–H and O–H groups in total. The van der Waals surface area contributed by atoms with Crippen LogP contribution in [0, 0.1) is 13.8 Å². The smallest absolute Gasteiger partial charge is 0.145 e. The minimum atomic E-state index is 0.797. The topological polar surface area (TPSA) is 22.1 Å². The van der Waals surface area contributed by atoms with Gasteiger partial charge in [-0.3, -0.25) is 0 Å². The number of pyridine rings is 1. The second-order valence-electron chi connectivity index (χ2n) is 3.97. The number of aryl methyl sites for hydroxylation is 2. The van der Waals surface area contributed by atoms with Crippen molar-refractivity contribution >= 4 is 15.9 Å². The van der Waals surface area contributed by atoms with Crippen molar-refractivity contribution in [2.24, 2.45) is 0 Å². The Morgan fingerprint density at radius 2 is 1.82 bits per heavy atom. The van der Waals surface area contributed by atoms with E-state index in [4.69, 9.17) is 4.74 Å². The molecule has 0 atom stereocenters. The molecule has 1 aromatic carbocycles. The van der Waals surface area contributed by atoms with Crippen molar-refractivity contribution in [2.75, 3.05) is 7.11 Å². The van der Waals surface area contributed by atoms with E-state index in [1.807, 2.05) is 6.07 Å². The normalized spacial score (nSPS) is 10.4. The van der Waals surface area contributed by atoms with Gasteiger partial charge < -0.3 is 4.74 Å². The minimum Gasteiger partial charge on any atom is -0.494 e. The van der Waals surface area contributed by atoms with Crippen molar-refractivity contribution in [1.82, 2.24) is 4.98 Å². The van der Waals surface area contributed by atoms with Crippen molar-refractivity contribution < 1.29 is 4.74 Å². The second-order valence-corrected chi connectivity index (χ2v) is 4.79. The van der Waals surface area contributed by atoms with Crippen molar-refractivity contribution in [3.8, 4) is 16.9 Å². The summed E-state index contributed by atoms with van der Waals surface area (Å²) in [6.45, 7) is 4.21. The van der Waals surface area contributed by atoms with Crippen LogP contribution in [0.2, 0.25) is 0 Å². The lowest BCUT2D eigenvalue weighted by molar-refractivity contribution is 0.414. The van der Waals surface area contributed by atoms with E-state index in [0.717, 1.165) is 15.9 Å². The van der Waals surface area contributed by atoms with E-state index in [2.05, 4.69) is 53.0 Å². The Labute approximate surface area is 110 Å². The van der Waals surface area contributed by atoms with Crippen molar-refractivity contribution in [1.29, 1.82) is 0 Å². The van der Waals surface area contributed by atoms with Crippen LogP contribution in [-0.4, -0.2) is 12.1 Å². The quantitative estimate of drug-likeness (QED) is 0.776. The molecule has 0 fully saturated rings. The lowest BCUT2D eigenvalue weighted by Crippen LogP contribution is -1.94. The van der Waals surface area contributed by atoms with Crippen LogP contribution in [0.5, 0.6) is 5.75 Å². The molecule has 2 rings (SSSR count). The van der Waals surface area contributed by atoms with Gasteiger partial charge in [0.1, 0.15) is 10.4 Å². The molecule has 17 heavy (non-hydrogen) atoms. The Kier molecular flexibility index (Phi) is 3.48. The van der Waals surface area contributed by atoms with Gasteiger partial charge in [0.25, 0.3) is 0 Å². The van der Waals surface area contributed by atoms with Gasteiger partial charge in [-0.2, -0.15) is 0 Å². The SMILES string of the molecule is COc1cnc(Br)cc1-c1c(C)cccc1C. The summed E-state index contributed by atoms with van der Waals surface area (Å²) in [4.78, 5) is 4.19. The first-order valence-corrected chi connectivity index (χ1v) is 6.19. The Hall–Kier alpha value is -1.35. The molecule has 0 radical (unpaired) electrons. The van der Waals surface area contributed by atoms with Gasteiger partial charge in [-0.1, -0.05) is 18.2 Å². The third-order valence-corrected chi connectivity index (χ3v) is 3.24. The number of rotatable bonds is 2. The number of benzene rings is 1. The summed E-state index contributed by atoms with van der Waals surface area (Å²) < 4.78 is 6.20. The molecule has 88 valence electrons. The first-order chi connectivity index (χ1) is 8.13. The van der Waals surface area contributed by atoms with Crippen LogP contribution in [0.3, 0.4) is 0 Å². The molecule has 0 unspecified atom stereocenters. The molecule has 0 spiro atoms. The largest absolute Gasteiger partial charge is 0.494 e. The van der Waals surface area contributed by atoms with Gasteiger partial charge in [0, 0.05) is 5.56 Å². The molecule has 2 nitrogen and oxygen atoms in total. The Morgan fingerprint density at radius 3 is 2.41 bits per heavy atom. The third-order valence-electron chi connectivity index (χ3n) is 2.80. The zero-order chi connectivity index (χ0) is 12.4. The molecule has 0 aliphatic carbocycles. The summed E-state index contributed by atoms with van der Waals surface area (Å²) in [5.41, 5.74) is 4.76. The molecule has 0 aliphatic heterocycles. The van der Waals surface area contributed by atoms with Gasteiger partial charge in [0.15, 0.2) is 0 Å². The maximum absolute atomic E-state index is 5.38. The van der Waals surface area contributed by atoms with Crippen molar-refractivity contribution in [3.63, 3.8) is 0 Å². The molecular weight excluding hydrogens is 278 g/mol. The predicted molar refractivity (Wildman–Crippen MR) is 73.4 cm³/mol. The van der Waals surface area contributed by atoms with Crippen molar-refractivity contribution in [3.05, 3.63) is 46.2 Å². The summed E-state index contributed by atoms with van der Waals surface area (Å²) in [6.07, 6.45) is 1.74. The Bertz CT molecular complexity index is 532. The highest BCUT2D eigenvalue weighted by Crippen LogP contribution is 2.35. The van der Waals surface area contributed by atoms with E-state index in [1.54, 1.807) is 13.3 Å². The van der Waals surface area contributed by atoms with Crippen LogP contribution in [0.1, 0.15) is 11.1 Å². The summed E-state index contributed by atoms with van der Waals surface area (Å²) in [7, 11) is 1.67. The maximum atomic E-state index is 5.38. The zero-order valence-corrected chi connectivity index (χ0v) is 11.7. The predicted octanol–water partition coefficient (Wildman–Crippen LogP) is 4.14. The highest BCUT2D eigenvalue weighted by atomic mass is 79.9. The van der Waals surface area contributed by atoms with Crippen LogP contribution in [0.25, 0.3) is 11.1 Å². The Balaban J connectivity index is 2.71. The van der Waals surface area contributed by atoms with Crippen LogP contribution in [0.4, 0.5) is 0 Å². The highest BCUT2D eigenvalue weighted by molar-refractivity contribution is 9.10. The molecule has 0 saturated heterocycles. The van der Waals surface area contributed by atoms with Gasteiger partial charge >= 0.3 is 0 Å². The monoisotopic (exact) mass is 291 g/mol. The van der Waals surface area contributed by atoms with E-state index in [-0.39, 0.29) is 0 Å². The molecule has 0 bridgehead atoms. The fraction of sp³-hybridized carbons (Fsp3) is 0.214. The molecular formula is C14H14BrNO. The Morgan fingerprint density at radius 1 is 1.18 bits per heavy atom. The van der Waals surface area contributed by atoms with E-state index in [1.165, 1.54) is 16.7 Å². The molecule has 1 heterocycles. The molecule has 0 amide bonds.